The summed E-state index contributed by atoms with van der Waals surface area (Å²) >= 11 is 0. The minimum absolute atomic E-state index is 0.0690. The van der Waals surface area contributed by atoms with E-state index in [2.05, 4.69) is 9.88 Å². The third kappa shape index (κ3) is 3.66. The number of fused-ring (bicyclic) bond motifs is 4. The van der Waals surface area contributed by atoms with Crippen molar-refractivity contribution in [3.8, 4) is 5.75 Å². The van der Waals surface area contributed by atoms with Crippen LogP contribution in [0.25, 0.3) is 10.9 Å². The van der Waals surface area contributed by atoms with Crippen LogP contribution in [0.3, 0.4) is 0 Å². The van der Waals surface area contributed by atoms with Gasteiger partial charge >= 0.3 is 0 Å². The lowest BCUT2D eigenvalue weighted by molar-refractivity contribution is 0.0283. The fourth-order valence-corrected chi connectivity index (χ4v) is 6.11. The number of aryl methyl sites for hydroxylation is 1. The van der Waals surface area contributed by atoms with Crippen LogP contribution < -0.4 is 10.5 Å². The first kappa shape index (κ1) is 21.6. The first-order chi connectivity index (χ1) is 16.5. The number of carbonyl (C=O) groups excluding carboxylic acids is 1. The van der Waals surface area contributed by atoms with Crippen molar-refractivity contribution in [1.82, 2.24) is 9.88 Å². The lowest BCUT2D eigenvalue weighted by atomic mass is 9.83. The van der Waals surface area contributed by atoms with E-state index < -0.39 is 11.7 Å². The zero-order valence-corrected chi connectivity index (χ0v) is 19.1. The molecule has 3 aromatic rings. The van der Waals surface area contributed by atoms with Crippen molar-refractivity contribution in [2.45, 2.75) is 57.0 Å². The normalized spacial score (nSPS) is 22.2. The molecule has 2 aromatic carbocycles. The van der Waals surface area contributed by atoms with Crippen molar-refractivity contribution in [2.75, 3.05) is 13.2 Å². The quantitative estimate of drug-likeness (QED) is 0.583. The number of halogens is 2. The highest BCUT2D eigenvalue weighted by Crippen LogP contribution is 2.38. The number of primary amides is 1. The summed E-state index contributed by atoms with van der Waals surface area (Å²) in [6.45, 7) is 1.32. The Hall–Kier alpha value is -2.93. The number of nitrogens with zero attached hydrogens (tertiary/aromatic N) is 1. The zero-order valence-electron chi connectivity index (χ0n) is 19.1. The molecule has 1 aromatic heterocycles. The molecule has 2 aliphatic carbocycles. The molecule has 2 heterocycles. The van der Waals surface area contributed by atoms with E-state index in [1.165, 1.54) is 35.9 Å². The highest BCUT2D eigenvalue weighted by Gasteiger charge is 2.37. The number of hydrogen-bond donors (Lipinski definition) is 2. The van der Waals surface area contributed by atoms with Crippen LogP contribution in [0.4, 0.5) is 8.78 Å². The fourth-order valence-electron chi connectivity index (χ4n) is 6.11. The van der Waals surface area contributed by atoms with Crippen LogP contribution in [-0.4, -0.2) is 41.0 Å². The number of aromatic amines is 1. The Labute approximate surface area is 197 Å². The number of nitrogens with one attached hydrogen (secondary N) is 1. The van der Waals surface area contributed by atoms with Gasteiger partial charge in [0, 0.05) is 46.4 Å². The molecule has 2 atom stereocenters. The van der Waals surface area contributed by atoms with E-state index in [1.807, 2.05) is 6.07 Å². The van der Waals surface area contributed by atoms with E-state index >= 15 is 0 Å². The summed E-state index contributed by atoms with van der Waals surface area (Å²) in [5.41, 5.74) is 9.99. The van der Waals surface area contributed by atoms with Gasteiger partial charge in [-0.05, 0) is 80.3 Å². The number of aromatic nitrogens is 1. The molecular formula is C27H29F2N3O2. The molecule has 0 saturated heterocycles. The molecule has 3 aliphatic rings. The Morgan fingerprint density at radius 2 is 1.94 bits per heavy atom. The molecule has 5 nitrogen and oxygen atoms in total. The first-order valence-corrected chi connectivity index (χ1v) is 12.3. The van der Waals surface area contributed by atoms with Gasteiger partial charge in [0.1, 0.15) is 12.4 Å². The summed E-state index contributed by atoms with van der Waals surface area (Å²) in [5, 5.41) is 0.992. The molecule has 0 radical (unpaired) electrons. The van der Waals surface area contributed by atoms with Crippen LogP contribution in [0.5, 0.6) is 5.75 Å². The standard InChI is InChI=1S/C27H29F2N3O2/c28-16-5-9-25-21(11-16)20-10-15(4-8-24(20)31-25)13-32(17-2-1-3-17)18-12-22-19(27(30)33)6-7-23(29)26(22)34-14-18/h5-7,9,11,15,17-18,31H,1-4,8,10,12-14H2,(H2,30,33). The van der Waals surface area contributed by atoms with Crippen molar-refractivity contribution < 1.29 is 18.3 Å². The first-order valence-electron chi connectivity index (χ1n) is 12.3. The lowest BCUT2D eigenvalue weighted by Crippen LogP contribution is -2.53. The predicted octanol–water partition coefficient (Wildman–Crippen LogP) is 4.51. The van der Waals surface area contributed by atoms with E-state index in [0.717, 1.165) is 49.6 Å². The van der Waals surface area contributed by atoms with Crippen molar-refractivity contribution in [3.63, 3.8) is 0 Å². The second-order valence-corrected chi connectivity index (χ2v) is 10.1. The SMILES string of the molecule is NC(=O)c1ccc(F)c2c1CC(N(CC1CCc3[nH]c4ccc(F)cc4c3C1)C1CCC1)CO2. The van der Waals surface area contributed by atoms with Gasteiger partial charge in [-0.2, -0.15) is 0 Å². The van der Waals surface area contributed by atoms with Crippen LogP contribution in [0, 0.1) is 17.6 Å². The van der Waals surface area contributed by atoms with Crippen molar-refractivity contribution in [1.29, 1.82) is 0 Å². The van der Waals surface area contributed by atoms with E-state index in [9.17, 15) is 13.6 Å². The summed E-state index contributed by atoms with van der Waals surface area (Å²) in [7, 11) is 0. The summed E-state index contributed by atoms with van der Waals surface area (Å²) in [6, 6.07) is 8.24. The smallest absolute Gasteiger partial charge is 0.249 e. The van der Waals surface area contributed by atoms with Gasteiger partial charge < -0.3 is 15.5 Å². The van der Waals surface area contributed by atoms with Crippen LogP contribution in [0.1, 0.15) is 52.9 Å². The third-order valence-corrected chi connectivity index (χ3v) is 8.07. The molecule has 1 saturated carbocycles. The number of amides is 1. The summed E-state index contributed by atoms with van der Waals surface area (Å²) in [4.78, 5) is 18.0. The number of rotatable bonds is 5. The van der Waals surface area contributed by atoms with Gasteiger partial charge in [0.2, 0.25) is 5.91 Å². The molecule has 1 fully saturated rings. The number of carbonyl (C=O) groups is 1. The highest BCUT2D eigenvalue weighted by molar-refractivity contribution is 5.95. The second kappa shape index (κ2) is 8.38. The number of benzene rings is 2. The molecule has 1 aliphatic heterocycles. The number of H-pyrrole nitrogens is 1. The molecular weight excluding hydrogens is 436 g/mol. The Bertz CT molecular complexity index is 1270. The summed E-state index contributed by atoms with van der Waals surface area (Å²) < 4.78 is 34.2. The van der Waals surface area contributed by atoms with Crippen LogP contribution in [-0.2, 0) is 19.3 Å². The molecule has 3 N–H and O–H groups in total. The van der Waals surface area contributed by atoms with Crippen LogP contribution in [0.2, 0.25) is 0 Å². The Morgan fingerprint density at radius 1 is 1.09 bits per heavy atom. The van der Waals surface area contributed by atoms with Crippen molar-refractivity contribution >= 4 is 16.8 Å². The third-order valence-electron chi connectivity index (χ3n) is 8.07. The van der Waals surface area contributed by atoms with Gasteiger partial charge in [-0.15, -0.1) is 0 Å². The molecule has 6 rings (SSSR count). The van der Waals surface area contributed by atoms with Gasteiger partial charge in [-0.1, -0.05) is 6.42 Å². The highest BCUT2D eigenvalue weighted by atomic mass is 19.1. The summed E-state index contributed by atoms with van der Waals surface area (Å²) in [6.07, 6.45) is 6.98. The van der Waals surface area contributed by atoms with E-state index in [4.69, 9.17) is 10.5 Å². The fraction of sp³-hybridized carbons (Fsp3) is 0.444. The zero-order chi connectivity index (χ0) is 23.4. The van der Waals surface area contributed by atoms with Crippen molar-refractivity contribution in [2.24, 2.45) is 11.7 Å². The predicted molar refractivity (Wildman–Crippen MR) is 126 cm³/mol. The van der Waals surface area contributed by atoms with Crippen LogP contribution in [0.15, 0.2) is 30.3 Å². The summed E-state index contributed by atoms with van der Waals surface area (Å²) in [5.74, 6) is -0.589. The Balaban J connectivity index is 1.26. The number of hydrogen-bond acceptors (Lipinski definition) is 3. The maximum absolute atomic E-state index is 14.4. The Kier molecular flexibility index (Phi) is 5.32. The molecule has 1 amide bonds. The topological polar surface area (TPSA) is 71.4 Å². The number of ether oxygens (including phenoxy) is 1. The maximum atomic E-state index is 14.4. The molecule has 0 spiro atoms. The molecule has 2 unspecified atom stereocenters. The Morgan fingerprint density at radius 3 is 2.71 bits per heavy atom. The van der Waals surface area contributed by atoms with Gasteiger partial charge in [0.25, 0.3) is 0 Å². The molecule has 0 bridgehead atoms. The number of nitrogens with two attached hydrogens (primary N) is 1. The average Bonchev–Trinajstić information content (AvgIpc) is 3.14. The molecule has 34 heavy (non-hydrogen) atoms. The van der Waals surface area contributed by atoms with E-state index in [1.54, 1.807) is 6.07 Å². The van der Waals surface area contributed by atoms with Gasteiger partial charge in [0.05, 0.1) is 0 Å². The molecule has 178 valence electrons. The van der Waals surface area contributed by atoms with E-state index in [-0.39, 0.29) is 17.6 Å². The van der Waals surface area contributed by atoms with Gasteiger partial charge in [-0.3, -0.25) is 9.69 Å². The van der Waals surface area contributed by atoms with Crippen LogP contribution >= 0.6 is 0 Å². The van der Waals surface area contributed by atoms with Gasteiger partial charge in [0.15, 0.2) is 11.6 Å². The average molecular weight is 466 g/mol. The second-order valence-electron chi connectivity index (χ2n) is 10.1. The van der Waals surface area contributed by atoms with Crippen molar-refractivity contribution in [3.05, 3.63) is 64.4 Å². The molecule has 7 heteroatoms. The monoisotopic (exact) mass is 465 g/mol. The lowest BCUT2D eigenvalue weighted by Gasteiger charge is -2.46. The minimum Gasteiger partial charge on any atom is -0.489 e. The maximum Gasteiger partial charge on any atom is 0.249 e. The van der Waals surface area contributed by atoms with Gasteiger partial charge in [-0.25, -0.2) is 8.78 Å². The minimum atomic E-state index is -0.554. The van der Waals surface area contributed by atoms with E-state index in [0.29, 0.717) is 36.1 Å². The largest absolute Gasteiger partial charge is 0.489 e.